The maximum Gasteiger partial charge on any atom is 0.275 e. The average molecular weight is 404 g/mol. The SMILES string of the molecule is Cc1ccc(S(=O)(=O)Nc2ccc(C)n(CC(=O)N3CCCCC3)c2=O)cc1. The van der Waals surface area contributed by atoms with Crippen molar-refractivity contribution in [2.45, 2.75) is 44.6 Å². The van der Waals surface area contributed by atoms with Crippen molar-refractivity contribution in [3.63, 3.8) is 0 Å². The first-order chi connectivity index (χ1) is 13.3. The van der Waals surface area contributed by atoms with Crippen LogP contribution >= 0.6 is 0 Å². The third-order valence-corrected chi connectivity index (χ3v) is 6.35. The minimum Gasteiger partial charge on any atom is -0.341 e. The van der Waals surface area contributed by atoms with E-state index in [9.17, 15) is 18.0 Å². The van der Waals surface area contributed by atoms with E-state index in [0.717, 1.165) is 24.8 Å². The number of aromatic nitrogens is 1. The van der Waals surface area contributed by atoms with Gasteiger partial charge in [-0.3, -0.25) is 14.3 Å². The molecule has 8 heteroatoms. The van der Waals surface area contributed by atoms with Gasteiger partial charge in [-0.25, -0.2) is 8.42 Å². The van der Waals surface area contributed by atoms with Gasteiger partial charge in [0, 0.05) is 18.8 Å². The van der Waals surface area contributed by atoms with E-state index in [1.165, 1.54) is 22.8 Å². The van der Waals surface area contributed by atoms with Gasteiger partial charge in [-0.05, 0) is 57.4 Å². The Kier molecular flexibility index (Phi) is 5.88. The standard InChI is InChI=1S/C20H25N3O4S/c1-15-6-9-17(10-7-15)28(26,27)21-18-11-8-16(2)23(20(18)25)14-19(24)22-12-4-3-5-13-22/h6-11,21H,3-5,12-14H2,1-2H3. The first-order valence-electron chi connectivity index (χ1n) is 9.35. The molecule has 0 atom stereocenters. The average Bonchev–Trinajstić information content (AvgIpc) is 2.68. The lowest BCUT2D eigenvalue weighted by Gasteiger charge is -2.27. The molecule has 0 aliphatic carbocycles. The number of piperidine rings is 1. The Morgan fingerprint density at radius 2 is 1.64 bits per heavy atom. The van der Waals surface area contributed by atoms with Gasteiger partial charge in [0.25, 0.3) is 15.6 Å². The minimum atomic E-state index is -3.89. The number of aryl methyl sites for hydroxylation is 2. The Labute approximate surface area is 165 Å². The Balaban J connectivity index is 1.85. The van der Waals surface area contributed by atoms with Crippen LogP contribution in [0.3, 0.4) is 0 Å². The van der Waals surface area contributed by atoms with Gasteiger partial charge < -0.3 is 9.47 Å². The van der Waals surface area contributed by atoms with E-state index in [1.807, 2.05) is 6.92 Å². The number of hydrogen-bond acceptors (Lipinski definition) is 4. The smallest absolute Gasteiger partial charge is 0.275 e. The van der Waals surface area contributed by atoms with Crippen molar-refractivity contribution in [2.24, 2.45) is 0 Å². The van der Waals surface area contributed by atoms with Crippen molar-refractivity contribution >= 4 is 21.6 Å². The number of pyridine rings is 1. The lowest BCUT2D eigenvalue weighted by atomic mass is 10.1. The Morgan fingerprint density at radius 1 is 1.00 bits per heavy atom. The van der Waals surface area contributed by atoms with Crippen LogP contribution in [0.5, 0.6) is 0 Å². The first-order valence-corrected chi connectivity index (χ1v) is 10.8. The van der Waals surface area contributed by atoms with Crippen LogP contribution in [-0.4, -0.2) is 36.9 Å². The summed E-state index contributed by atoms with van der Waals surface area (Å²) in [6.07, 6.45) is 3.05. The molecule has 3 rings (SSSR count). The highest BCUT2D eigenvalue weighted by Gasteiger charge is 2.20. The lowest BCUT2D eigenvalue weighted by molar-refractivity contribution is -0.132. The number of carbonyl (C=O) groups excluding carboxylic acids is 1. The number of rotatable bonds is 5. The van der Waals surface area contributed by atoms with E-state index in [-0.39, 0.29) is 23.0 Å². The maximum atomic E-state index is 12.8. The lowest BCUT2D eigenvalue weighted by Crippen LogP contribution is -2.40. The maximum absolute atomic E-state index is 12.8. The zero-order valence-electron chi connectivity index (χ0n) is 16.1. The fourth-order valence-electron chi connectivity index (χ4n) is 3.24. The zero-order valence-corrected chi connectivity index (χ0v) is 17.0. The predicted molar refractivity (Wildman–Crippen MR) is 108 cm³/mol. The van der Waals surface area contributed by atoms with Crippen LogP contribution in [0, 0.1) is 13.8 Å². The van der Waals surface area contributed by atoms with Crippen LogP contribution in [0.15, 0.2) is 46.1 Å². The van der Waals surface area contributed by atoms with Gasteiger partial charge in [0.05, 0.1) is 4.90 Å². The number of nitrogens with one attached hydrogen (secondary N) is 1. The van der Waals surface area contributed by atoms with Crippen LogP contribution < -0.4 is 10.3 Å². The fourth-order valence-corrected chi connectivity index (χ4v) is 4.30. The van der Waals surface area contributed by atoms with Gasteiger partial charge in [0.2, 0.25) is 5.91 Å². The van der Waals surface area contributed by atoms with Crippen molar-refractivity contribution in [1.29, 1.82) is 0 Å². The van der Waals surface area contributed by atoms with Crippen molar-refractivity contribution in [3.05, 3.63) is 58.0 Å². The predicted octanol–water partition coefficient (Wildman–Crippen LogP) is 2.28. The van der Waals surface area contributed by atoms with Crippen LogP contribution in [-0.2, 0) is 21.4 Å². The molecule has 1 aliphatic rings. The number of sulfonamides is 1. The van der Waals surface area contributed by atoms with E-state index in [0.29, 0.717) is 18.8 Å². The molecule has 2 aromatic rings. The molecule has 1 saturated heterocycles. The third-order valence-electron chi connectivity index (χ3n) is 4.97. The third kappa shape index (κ3) is 4.44. The number of likely N-dealkylation sites (tertiary alicyclic amines) is 1. The highest BCUT2D eigenvalue weighted by Crippen LogP contribution is 2.15. The summed E-state index contributed by atoms with van der Waals surface area (Å²) in [5.74, 6) is -0.122. The summed E-state index contributed by atoms with van der Waals surface area (Å²) in [6, 6.07) is 9.44. The van der Waals surface area contributed by atoms with Crippen molar-refractivity contribution in [2.75, 3.05) is 17.8 Å². The van der Waals surface area contributed by atoms with Gasteiger partial charge in [-0.15, -0.1) is 0 Å². The molecular weight excluding hydrogens is 378 g/mol. The summed E-state index contributed by atoms with van der Waals surface area (Å²) in [4.78, 5) is 27.2. The highest BCUT2D eigenvalue weighted by molar-refractivity contribution is 7.92. The normalized spacial score (nSPS) is 14.7. The largest absolute Gasteiger partial charge is 0.341 e. The number of hydrogen-bond donors (Lipinski definition) is 1. The first kappa shape index (κ1) is 20.1. The van der Waals surface area contributed by atoms with E-state index in [4.69, 9.17) is 0 Å². The number of benzene rings is 1. The molecule has 1 aromatic carbocycles. The summed E-state index contributed by atoms with van der Waals surface area (Å²) in [5, 5.41) is 0. The molecule has 0 spiro atoms. The van der Waals surface area contributed by atoms with Crippen molar-refractivity contribution in [1.82, 2.24) is 9.47 Å². The number of anilines is 1. The van der Waals surface area contributed by atoms with Crippen LogP contribution in [0.2, 0.25) is 0 Å². The molecule has 0 bridgehead atoms. The Bertz CT molecular complexity index is 1020. The molecule has 0 radical (unpaired) electrons. The van der Waals surface area contributed by atoms with E-state index < -0.39 is 15.6 Å². The summed E-state index contributed by atoms with van der Waals surface area (Å²) in [6.45, 7) is 4.90. The van der Waals surface area contributed by atoms with E-state index in [2.05, 4.69) is 4.72 Å². The molecule has 2 heterocycles. The molecule has 1 fully saturated rings. The Morgan fingerprint density at radius 3 is 2.29 bits per heavy atom. The van der Waals surface area contributed by atoms with Gasteiger partial charge in [-0.1, -0.05) is 17.7 Å². The van der Waals surface area contributed by atoms with E-state index in [1.54, 1.807) is 30.0 Å². The Hall–Kier alpha value is -2.61. The van der Waals surface area contributed by atoms with Crippen LogP contribution in [0.25, 0.3) is 0 Å². The summed E-state index contributed by atoms with van der Waals surface area (Å²) >= 11 is 0. The molecule has 0 unspecified atom stereocenters. The van der Waals surface area contributed by atoms with Crippen LogP contribution in [0.1, 0.15) is 30.5 Å². The molecule has 28 heavy (non-hydrogen) atoms. The number of amides is 1. The number of nitrogens with zero attached hydrogens (tertiary/aromatic N) is 2. The van der Waals surface area contributed by atoms with Gasteiger partial charge in [0.1, 0.15) is 12.2 Å². The summed E-state index contributed by atoms with van der Waals surface area (Å²) in [7, 11) is -3.89. The monoisotopic (exact) mass is 403 g/mol. The summed E-state index contributed by atoms with van der Waals surface area (Å²) in [5.41, 5.74) is 0.945. The number of carbonyl (C=O) groups is 1. The van der Waals surface area contributed by atoms with Crippen LogP contribution in [0.4, 0.5) is 5.69 Å². The van der Waals surface area contributed by atoms with Gasteiger partial charge in [-0.2, -0.15) is 0 Å². The van der Waals surface area contributed by atoms with Crippen molar-refractivity contribution < 1.29 is 13.2 Å². The highest BCUT2D eigenvalue weighted by atomic mass is 32.2. The topological polar surface area (TPSA) is 88.5 Å². The fraction of sp³-hybridized carbons (Fsp3) is 0.400. The molecule has 1 aromatic heterocycles. The second-order valence-corrected chi connectivity index (χ2v) is 8.82. The molecule has 1 N–H and O–H groups in total. The molecular formula is C20H25N3O4S. The minimum absolute atomic E-state index is 0.0716. The van der Waals surface area contributed by atoms with Crippen molar-refractivity contribution in [3.8, 4) is 0 Å². The zero-order chi connectivity index (χ0) is 20.3. The van der Waals surface area contributed by atoms with Gasteiger partial charge >= 0.3 is 0 Å². The molecule has 7 nitrogen and oxygen atoms in total. The molecule has 150 valence electrons. The second kappa shape index (κ2) is 8.18. The molecule has 1 amide bonds. The quantitative estimate of drug-likeness (QED) is 0.830. The second-order valence-electron chi connectivity index (χ2n) is 7.14. The molecule has 0 saturated carbocycles. The summed E-state index contributed by atoms with van der Waals surface area (Å²) < 4.78 is 28.9. The molecule has 1 aliphatic heterocycles. The van der Waals surface area contributed by atoms with Gasteiger partial charge in [0.15, 0.2) is 0 Å². The van der Waals surface area contributed by atoms with E-state index >= 15 is 0 Å².